The van der Waals surface area contributed by atoms with Crippen molar-refractivity contribution in [2.45, 2.75) is 18.1 Å². The van der Waals surface area contributed by atoms with E-state index < -0.39 is 5.60 Å². The maximum atomic E-state index is 10.9. The zero-order valence-electron chi connectivity index (χ0n) is 9.06. The first-order chi connectivity index (χ1) is 8.11. The lowest BCUT2D eigenvalue weighted by molar-refractivity contribution is 0.0814. The highest BCUT2D eigenvalue weighted by molar-refractivity contribution is 7.16. The van der Waals surface area contributed by atoms with Crippen LogP contribution in [-0.2, 0) is 5.60 Å². The summed E-state index contributed by atoms with van der Waals surface area (Å²) in [5.41, 5.74) is 7.04. The number of thiophene rings is 1. The number of hydrogen-bond donors (Lipinski definition) is 2. The van der Waals surface area contributed by atoms with Gasteiger partial charge in [-0.05, 0) is 23.3 Å². The summed E-state index contributed by atoms with van der Waals surface area (Å²) in [4.78, 5) is 0.864. The van der Waals surface area contributed by atoms with E-state index in [9.17, 15) is 5.11 Å². The Morgan fingerprint density at radius 1 is 1.29 bits per heavy atom. The van der Waals surface area contributed by atoms with E-state index in [1.807, 2.05) is 36.4 Å². The molecule has 0 radical (unpaired) electrons. The molecule has 0 aliphatic heterocycles. The molecule has 0 fully saturated rings. The smallest absolute Gasteiger partial charge is 0.126 e. The van der Waals surface area contributed by atoms with Gasteiger partial charge in [0, 0.05) is 17.3 Å². The van der Waals surface area contributed by atoms with Crippen LogP contribution < -0.4 is 5.73 Å². The van der Waals surface area contributed by atoms with Gasteiger partial charge in [-0.2, -0.15) is 0 Å². The standard InChI is InChI=1S/C13H12ClNOS/c14-12-6-5-11(17-12)13(16)7-10(15)8-3-1-2-4-9(8)13/h1-6,10,16H,7,15H2. The lowest BCUT2D eigenvalue weighted by atomic mass is 9.94. The Bertz CT molecular complexity index is 568. The second kappa shape index (κ2) is 3.82. The van der Waals surface area contributed by atoms with Gasteiger partial charge in [0.05, 0.1) is 4.34 Å². The van der Waals surface area contributed by atoms with E-state index in [1.165, 1.54) is 11.3 Å². The fraction of sp³-hybridized carbons (Fsp3) is 0.231. The third-order valence-electron chi connectivity index (χ3n) is 3.30. The fourth-order valence-corrected chi connectivity index (χ4v) is 3.66. The SMILES string of the molecule is NC1CC(O)(c2ccc(Cl)s2)c2ccccc21. The number of hydrogen-bond acceptors (Lipinski definition) is 3. The second-order valence-electron chi connectivity index (χ2n) is 4.36. The van der Waals surface area contributed by atoms with Gasteiger partial charge in [0.25, 0.3) is 0 Å². The summed E-state index contributed by atoms with van der Waals surface area (Å²) in [7, 11) is 0. The minimum Gasteiger partial charge on any atom is -0.379 e. The molecule has 2 atom stereocenters. The Labute approximate surface area is 109 Å². The second-order valence-corrected chi connectivity index (χ2v) is 6.08. The molecule has 3 rings (SSSR count). The molecule has 1 aromatic carbocycles. The van der Waals surface area contributed by atoms with Crippen molar-refractivity contribution >= 4 is 22.9 Å². The molecule has 0 saturated carbocycles. The third-order valence-corrected chi connectivity index (χ3v) is 4.68. The molecule has 0 saturated heterocycles. The van der Waals surface area contributed by atoms with Gasteiger partial charge in [0.1, 0.15) is 5.60 Å². The van der Waals surface area contributed by atoms with Gasteiger partial charge >= 0.3 is 0 Å². The van der Waals surface area contributed by atoms with Gasteiger partial charge in [-0.1, -0.05) is 35.9 Å². The summed E-state index contributed by atoms with van der Waals surface area (Å²) in [6.07, 6.45) is 0.517. The van der Waals surface area contributed by atoms with Crippen LogP contribution in [0.5, 0.6) is 0 Å². The summed E-state index contributed by atoms with van der Waals surface area (Å²) >= 11 is 7.35. The number of rotatable bonds is 1. The van der Waals surface area contributed by atoms with Crippen LogP contribution in [0.2, 0.25) is 4.34 Å². The van der Waals surface area contributed by atoms with Gasteiger partial charge in [-0.25, -0.2) is 0 Å². The number of halogens is 1. The van der Waals surface area contributed by atoms with Crippen molar-refractivity contribution in [1.29, 1.82) is 0 Å². The van der Waals surface area contributed by atoms with E-state index in [0.29, 0.717) is 10.8 Å². The number of nitrogens with two attached hydrogens (primary N) is 1. The average molecular weight is 266 g/mol. The van der Waals surface area contributed by atoms with Crippen molar-refractivity contribution in [1.82, 2.24) is 0 Å². The molecular formula is C13H12ClNOS. The van der Waals surface area contributed by atoms with Crippen LogP contribution in [0, 0.1) is 0 Å². The lowest BCUT2D eigenvalue weighted by Gasteiger charge is -2.22. The monoisotopic (exact) mass is 265 g/mol. The van der Waals surface area contributed by atoms with Crippen molar-refractivity contribution in [3.63, 3.8) is 0 Å². The molecule has 2 unspecified atom stereocenters. The Hall–Kier alpha value is -0.870. The van der Waals surface area contributed by atoms with E-state index in [0.717, 1.165) is 16.0 Å². The highest BCUT2D eigenvalue weighted by atomic mass is 35.5. The molecule has 1 aliphatic rings. The summed E-state index contributed by atoms with van der Waals surface area (Å²) in [6, 6.07) is 11.4. The minimum atomic E-state index is -0.978. The number of benzene rings is 1. The summed E-state index contributed by atoms with van der Waals surface area (Å²) in [6.45, 7) is 0. The van der Waals surface area contributed by atoms with E-state index in [-0.39, 0.29) is 6.04 Å². The number of fused-ring (bicyclic) bond motifs is 1. The van der Waals surface area contributed by atoms with E-state index in [1.54, 1.807) is 0 Å². The van der Waals surface area contributed by atoms with E-state index in [4.69, 9.17) is 17.3 Å². The van der Waals surface area contributed by atoms with Gasteiger partial charge < -0.3 is 10.8 Å². The Morgan fingerprint density at radius 3 is 2.76 bits per heavy atom. The summed E-state index contributed by atoms with van der Waals surface area (Å²) < 4.78 is 0.686. The first-order valence-electron chi connectivity index (χ1n) is 5.44. The maximum absolute atomic E-state index is 10.9. The molecule has 1 aromatic heterocycles. The largest absolute Gasteiger partial charge is 0.379 e. The fourth-order valence-electron chi connectivity index (χ4n) is 2.51. The van der Waals surface area contributed by atoms with Crippen molar-refractivity contribution in [3.05, 3.63) is 56.7 Å². The molecule has 0 amide bonds. The lowest BCUT2D eigenvalue weighted by Crippen LogP contribution is -2.23. The third kappa shape index (κ3) is 1.62. The van der Waals surface area contributed by atoms with Crippen LogP contribution in [0.4, 0.5) is 0 Å². The molecule has 4 heteroatoms. The topological polar surface area (TPSA) is 46.2 Å². The molecule has 88 valence electrons. The normalized spacial score (nSPS) is 27.1. The van der Waals surface area contributed by atoms with Crippen LogP contribution in [0.25, 0.3) is 0 Å². The Morgan fingerprint density at radius 2 is 2.06 bits per heavy atom. The molecule has 1 heterocycles. The molecule has 1 aliphatic carbocycles. The van der Waals surface area contributed by atoms with Crippen LogP contribution >= 0.6 is 22.9 Å². The molecule has 0 spiro atoms. The summed E-state index contributed by atoms with van der Waals surface area (Å²) in [5, 5.41) is 10.9. The molecule has 3 N–H and O–H groups in total. The number of aliphatic hydroxyl groups is 1. The van der Waals surface area contributed by atoms with Crippen LogP contribution in [0.15, 0.2) is 36.4 Å². The minimum absolute atomic E-state index is 0.114. The zero-order valence-corrected chi connectivity index (χ0v) is 10.6. The van der Waals surface area contributed by atoms with Gasteiger partial charge in [-0.15, -0.1) is 11.3 Å². The molecule has 2 nitrogen and oxygen atoms in total. The zero-order chi connectivity index (χ0) is 12.0. The van der Waals surface area contributed by atoms with Crippen molar-refractivity contribution < 1.29 is 5.11 Å². The first kappa shape index (κ1) is 11.2. The molecule has 0 bridgehead atoms. The van der Waals surface area contributed by atoms with Gasteiger partial charge in [0.15, 0.2) is 0 Å². The maximum Gasteiger partial charge on any atom is 0.126 e. The van der Waals surface area contributed by atoms with Crippen LogP contribution in [0.3, 0.4) is 0 Å². The molecule has 2 aromatic rings. The van der Waals surface area contributed by atoms with E-state index in [2.05, 4.69) is 0 Å². The summed E-state index contributed by atoms with van der Waals surface area (Å²) in [5.74, 6) is 0. The van der Waals surface area contributed by atoms with Gasteiger partial charge in [-0.3, -0.25) is 0 Å². The van der Waals surface area contributed by atoms with Crippen molar-refractivity contribution in [3.8, 4) is 0 Å². The van der Waals surface area contributed by atoms with E-state index >= 15 is 0 Å². The van der Waals surface area contributed by atoms with Crippen LogP contribution in [0.1, 0.15) is 28.5 Å². The predicted molar refractivity (Wildman–Crippen MR) is 70.3 cm³/mol. The van der Waals surface area contributed by atoms with Gasteiger partial charge in [0.2, 0.25) is 0 Å². The Balaban J connectivity index is 2.17. The highest BCUT2D eigenvalue weighted by Gasteiger charge is 2.43. The quantitative estimate of drug-likeness (QED) is 0.833. The first-order valence-corrected chi connectivity index (χ1v) is 6.64. The molecule has 17 heavy (non-hydrogen) atoms. The molecular weight excluding hydrogens is 254 g/mol. The Kier molecular flexibility index (Phi) is 2.52. The van der Waals surface area contributed by atoms with Crippen molar-refractivity contribution in [2.24, 2.45) is 5.73 Å². The van der Waals surface area contributed by atoms with Crippen LogP contribution in [-0.4, -0.2) is 5.11 Å². The van der Waals surface area contributed by atoms with Crippen molar-refractivity contribution in [2.75, 3.05) is 0 Å². The highest BCUT2D eigenvalue weighted by Crippen LogP contribution is 2.48. The average Bonchev–Trinajstić information content (AvgIpc) is 2.85. The predicted octanol–water partition coefficient (Wildman–Crippen LogP) is 3.04.